The van der Waals surface area contributed by atoms with Crippen molar-refractivity contribution in [2.24, 2.45) is 0 Å². The maximum absolute atomic E-state index is 13.6. The van der Waals surface area contributed by atoms with Crippen molar-refractivity contribution in [3.63, 3.8) is 0 Å². The van der Waals surface area contributed by atoms with Gasteiger partial charge in [-0.1, -0.05) is 0 Å². The van der Waals surface area contributed by atoms with Gasteiger partial charge in [0.1, 0.15) is 226 Å². The highest BCUT2D eigenvalue weighted by Crippen LogP contribution is 2.42. The lowest BCUT2D eigenvalue weighted by atomic mass is 9.93. The molecule has 672 valence electrons. The van der Waals surface area contributed by atoms with E-state index in [0.717, 1.165) is 20.8 Å². The topological polar surface area (TPSA) is 789 Å². The molecule has 0 saturated carbocycles. The van der Waals surface area contributed by atoms with E-state index in [9.17, 15) is 147 Å². The van der Waals surface area contributed by atoms with Crippen molar-refractivity contribution in [2.75, 3.05) is 52.9 Å². The lowest BCUT2D eigenvalue weighted by molar-refractivity contribution is -0.414. The third kappa shape index (κ3) is 20.5. The van der Waals surface area contributed by atoms with Crippen LogP contribution in [0.25, 0.3) is 0 Å². The zero-order valence-electron chi connectivity index (χ0n) is 62.6. The van der Waals surface area contributed by atoms with Gasteiger partial charge in [0, 0.05) is 20.8 Å². The van der Waals surface area contributed by atoms with E-state index in [1.165, 1.54) is 13.8 Å². The Labute approximate surface area is 657 Å². The Morgan fingerprint density at radius 2 is 0.612 bits per heavy atom. The summed E-state index contributed by atoms with van der Waals surface area (Å²) in [6.07, 6.45) is -96.5. The highest BCUT2D eigenvalue weighted by Gasteiger charge is 2.63. The molecule has 51 nitrogen and oxygen atoms in total. The average molecular weight is 1700 g/mol. The van der Waals surface area contributed by atoms with E-state index in [1.807, 2.05) is 0 Å². The van der Waals surface area contributed by atoms with Gasteiger partial charge in [0.25, 0.3) is 0 Å². The van der Waals surface area contributed by atoms with Gasteiger partial charge in [-0.05, 0) is 13.8 Å². The van der Waals surface area contributed by atoms with Crippen molar-refractivity contribution in [1.82, 2.24) is 16.0 Å². The summed E-state index contributed by atoms with van der Waals surface area (Å²) in [5.74, 6) is -2.91. The Morgan fingerprint density at radius 3 is 1.12 bits per heavy atom. The minimum absolute atomic E-state index is 0.862. The van der Waals surface area contributed by atoms with Crippen LogP contribution < -0.4 is 16.0 Å². The molecule has 0 aliphatic carbocycles. The van der Waals surface area contributed by atoms with Gasteiger partial charge >= 0.3 is 0 Å². The van der Waals surface area contributed by atoms with E-state index in [4.69, 9.17) is 90.0 Å². The minimum atomic E-state index is -2.55. The second kappa shape index (κ2) is 40.9. The van der Waals surface area contributed by atoms with E-state index in [1.54, 1.807) is 0 Å². The molecule has 10 aliphatic rings. The van der Waals surface area contributed by atoms with Crippen molar-refractivity contribution < 1.29 is 237 Å². The zero-order valence-corrected chi connectivity index (χ0v) is 62.6. The van der Waals surface area contributed by atoms with Crippen LogP contribution >= 0.6 is 0 Å². The van der Waals surface area contributed by atoms with Crippen molar-refractivity contribution >= 4 is 17.7 Å². The molecule has 0 aromatic carbocycles. The number of nitrogens with one attached hydrogen (secondary N) is 3. The molecule has 0 spiro atoms. The van der Waals surface area contributed by atoms with Crippen molar-refractivity contribution in [3.8, 4) is 0 Å². The van der Waals surface area contributed by atoms with Crippen molar-refractivity contribution in [3.05, 3.63) is 0 Å². The van der Waals surface area contributed by atoms with Crippen LogP contribution in [0.3, 0.4) is 0 Å². The van der Waals surface area contributed by atoms with E-state index in [2.05, 4.69) is 16.0 Å². The van der Waals surface area contributed by atoms with Crippen LogP contribution in [-0.4, -0.2) is 504 Å². The summed E-state index contributed by atoms with van der Waals surface area (Å²) < 4.78 is 115. The smallest absolute Gasteiger partial charge is 0.217 e. The monoisotopic (exact) mass is 1700 g/mol. The summed E-state index contributed by atoms with van der Waals surface area (Å²) in [4.78, 5) is 39.7. The number of carbonyl (C=O) groups is 3. The molecule has 0 bridgehead atoms. The number of hydrogen-bond donors (Lipinski definition) is 29. The molecule has 10 heterocycles. The first-order valence-corrected chi connectivity index (χ1v) is 37.3. The number of hydrogen-bond acceptors (Lipinski definition) is 48. The molecule has 3 amide bonds. The Bertz CT molecular complexity index is 3080. The summed E-state index contributed by atoms with van der Waals surface area (Å²) in [5.41, 5.74) is 0. The third-order valence-corrected chi connectivity index (χ3v) is 21.6. The number of ether oxygens (including phenoxy) is 19. The fourth-order valence-corrected chi connectivity index (χ4v) is 15.1. The summed E-state index contributed by atoms with van der Waals surface area (Å²) in [6, 6.07) is -5.93. The first-order chi connectivity index (χ1) is 54.8. The first kappa shape index (κ1) is 94.9. The van der Waals surface area contributed by atoms with E-state index < -0.39 is 371 Å². The van der Waals surface area contributed by atoms with Gasteiger partial charge in [-0.3, -0.25) is 14.4 Å². The largest absolute Gasteiger partial charge is 0.394 e. The van der Waals surface area contributed by atoms with E-state index in [0.29, 0.717) is 0 Å². The van der Waals surface area contributed by atoms with E-state index in [-0.39, 0.29) is 0 Å². The molecule has 10 fully saturated rings. The van der Waals surface area contributed by atoms with Crippen LogP contribution in [-0.2, 0) is 104 Å². The van der Waals surface area contributed by atoms with Gasteiger partial charge in [0.05, 0.1) is 65.1 Å². The number of aliphatic hydroxyl groups excluding tert-OH is 26. The SMILES string of the molecule is CC(=O)N[C@H]1[C@H](O[C@H]2[C@H](O[C@@H]3O[C@@H](C)[C@@H](O)[C@@H](O)[C@@H]3O)[C@@H](NC(C)=O)C(O)O[C@@H]2CO)O[C@H](CO)[C@@H](O[C@@H]2O[C@H](CO[C@H]3O[C@H](CO)[C@@H](O)[C@H](O)[C@@H]3O)[C@@H](O)[C@H](O[C@H]3O[C@H](CO)[C@@H](O)[C@H](O)[C@@H]3O[C@@H]3O[C@H](CO)[C@@H](O[C@@H]4O[C@@H](C)[C@@H](O)[C@@H](O)[C@@H]4O)[C@H](O[C@H]4O[C@H](CO)[C@H](O)[C@H](O)[C@H]4O)[C@H]3NC(C)=O)[C@@H]2O[C@@H]2OC[C@@H](O)[C@H](O)[C@H]2O)[C@@H]1O. The summed E-state index contributed by atoms with van der Waals surface area (Å²) >= 11 is 0. The van der Waals surface area contributed by atoms with E-state index >= 15 is 0 Å². The molecule has 10 aliphatic heterocycles. The molecule has 10 rings (SSSR count). The van der Waals surface area contributed by atoms with Crippen molar-refractivity contribution in [2.45, 2.75) is 335 Å². The van der Waals surface area contributed by atoms with Gasteiger partial charge in [-0.2, -0.15) is 0 Å². The molecule has 0 radical (unpaired) electrons. The Kier molecular flexibility index (Phi) is 33.5. The molecule has 10 saturated heterocycles. The maximum atomic E-state index is 13.6. The highest BCUT2D eigenvalue weighted by atomic mass is 16.8. The highest BCUT2D eigenvalue weighted by molar-refractivity contribution is 5.74. The molecule has 0 aromatic heterocycles. The fraction of sp³-hybridized carbons (Fsp3) is 0.954. The van der Waals surface area contributed by atoms with Gasteiger partial charge in [0.15, 0.2) is 62.9 Å². The molecule has 0 aromatic rings. The summed E-state index contributed by atoms with van der Waals surface area (Å²) in [7, 11) is 0. The van der Waals surface area contributed by atoms with Crippen LogP contribution in [0.4, 0.5) is 0 Å². The van der Waals surface area contributed by atoms with Gasteiger partial charge in [-0.25, -0.2) is 0 Å². The number of amides is 3. The van der Waals surface area contributed by atoms with Crippen LogP contribution in [0, 0.1) is 0 Å². The molecular formula is C65H109N3O48. The zero-order chi connectivity index (χ0) is 85.2. The number of carbonyl (C=O) groups excluding carboxylic acids is 3. The molecular weight excluding hydrogens is 1590 g/mol. The Morgan fingerprint density at radius 1 is 0.276 bits per heavy atom. The van der Waals surface area contributed by atoms with Gasteiger partial charge in [-0.15, -0.1) is 0 Å². The average Bonchev–Trinajstić information content (AvgIpc) is 0.760. The molecule has 116 heavy (non-hydrogen) atoms. The fourth-order valence-electron chi connectivity index (χ4n) is 15.1. The molecule has 49 atom stereocenters. The quantitative estimate of drug-likeness (QED) is 0.0346. The predicted octanol–water partition coefficient (Wildman–Crippen LogP) is -19.7. The molecule has 29 N–H and O–H groups in total. The van der Waals surface area contributed by atoms with Crippen LogP contribution in [0.2, 0.25) is 0 Å². The van der Waals surface area contributed by atoms with Crippen molar-refractivity contribution in [1.29, 1.82) is 0 Å². The van der Waals surface area contributed by atoms with Gasteiger partial charge < -0.3 is 239 Å². The van der Waals surface area contributed by atoms with Crippen LogP contribution in [0.15, 0.2) is 0 Å². The predicted molar refractivity (Wildman–Crippen MR) is 356 cm³/mol. The minimum Gasteiger partial charge on any atom is -0.394 e. The summed E-state index contributed by atoms with van der Waals surface area (Å²) in [5, 5.41) is 297. The Balaban J connectivity index is 1.06. The molecule has 51 heteroatoms. The number of rotatable bonds is 28. The lowest BCUT2D eigenvalue weighted by Gasteiger charge is -2.53. The number of aliphatic hydroxyl groups is 26. The second-order valence-electron chi connectivity index (χ2n) is 29.8. The third-order valence-electron chi connectivity index (χ3n) is 21.6. The van der Waals surface area contributed by atoms with Crippen LogP contribution in [0.5, 0.6) is 0 Å². The van der Waals surface area contributed by atoms with Gasteiger partial charge in [0.2, 0.25) is 17.7 Å². The second-order valence-corrected chi connectivity index (χ2v) is 29.8. The Hall–Kier alpha value is -3.39. The summed E-state index contributed by atoms with van der Waals surface area (Å²) in [6.45, 7) is -3.64. The molecule has 1 unspecified atom stereocenters. The maximum Gasteiger partial charge on any atom is 0.217 e. The normalized spacial score (nSPS) is 51.1. The van der Waals surface area contributed by atoms with Crippen LogP contribution in [0.1, 0.15) is 34.6 Å². The lowest BCUT2D eigenvalue weighted by Crippen LogP contribution is -2.72. The first-order valence-electron chi connectivity index (χ1n) is 37.3. The standard InChI is InChI=1S/C65H109N3O48/c1-14-30(79)38(87)45(94)61(100-14)111-50-25(11-74)107-58(29(68-18(5)77)52(50)113-63-47(96)41(90)34(83)21(7-70)104-63)115-54-42(91)35(84)22(8-71)105-64(54)114-53-36(85)26(13-99-59-44(93)40(89)33(82)20(6-69)103-59)108-65(55(53)116-60-43(92)32(81)19(78)12-98-60)109-48-23(9-72)106-57(27(37(48)86)66-16(3)75)110-49-24(10-73)102-56(97)28(67-17(4)76)51(49)112-62-46(95)39(88)31(80)15(2)101-62/h14-15,19-65,69-74,78-97H,6-13H2,1-5H3,(H,66,75)(H,67,76)(H,68,77)/t14-,15-,19+,20+,21+,22+,23+,24+,25+,26+,27+,28+,29+,30+,31+,32-,33+,34-,35+,36+,37+,38+,39+,40-,41-,42-,43+,44-,45-,46-,47+,48+,49+,50+,51+,52+,53-,54-,55-,56?,57-,58-,59-,60-,61-,62-,63+,64+,65-/m0/s1.